The largest absolute Gasteiger partial charge is 0.271 e. The molecule has 0 saturated carbocycles. The van der Waals surface area contributed by atoms with Crippen molar-refractivity contribution in [1.29, 1.82) is 0 Å². The summed E-state index contributed by atoms with van der Waals surface area (Å²) in [6.07, 6.45) is 4.12. The molecule has 1 aromatic heterocycles. The van der Waals surface area contributed by atoms with Gasteiger partial charge in [0.2, 0.25) is 0 Å². The molecule has 0 aliphatic rings. The van der Waals surface area contributed by atoms with Crippen molar-refractivity contribution in [3.8, 4) is 0 Å². The van der Waals surface area contributed by atoms with E-state index in [2.05, 4.69) is 57.3 Å². The molecule has 2 aromatic rings. The number of nitrogens with one attached hydrogen (secondary N) is 1. The van der Waals surface area contributed by atoms with Gasteiger partial charge in [0.05, 0.1) is 11.1 Å². The summed E-state index contributed by atoms with van der Waals surface area (Å²) in [5.74, 6) is 5.63. The smallest absolute Gasteiger partial charge is 0.0622 e. The lowest BCUT2D eigenvalue weighted by molar-refractivity contribution is 0.552. The highest BCUT2D eigenvalue weighted by atomic mass is 127. The Morgan fingerprint density at radius 2 is 2.00 bits per heavy atom. The van der Waals surface area contributed by atoms with Gasteiger partial charge in [-0.05, 0) is 58.3 Å². The molecule has 0 bridgehead atoms. The first-order chi connectivity index (χ1) is 8.70. The van der Waals surface area contributed by atoms with E-state index in [1.807, 2.05) is 6.07 Å². The second-order valence-corrected chi connectivity index (χ2v) is 5.59. The van der Waals surface area contributed by atoms with Crippen LogP contribution >= 0.6 is 34.2 Å². The minimum Gasteiger partial charge on any atom is -0.271 e. The van der Waals surface area contributed by atoms with Crippen LogP contribution in [0.3, 0.4) is 0 Å². The van der Waals surface area contributed by atoms with Crippen LogP contribution in [0, 0.1) is 3.57 Å². The molecule has 0 saturated heterocycles. The lowest BCUT2D eigenvalue weighted by Crippen LogP contribution is -2.29. The van der Waals surface area contributed by atoms with Crippen LogP contribution in [0.2, 0.25) is 5.02 Å². The van der Waals surface area contributed by atoms with Crippen LogP contribution in [0.15, 0.2) is 42.7 Å². The van der Waals surface area contributed by atoms with Crippen LogP contribution in [0.4, 0.5) is 0 Å². The van der Waals surface area contributed by atoms with Gasteiger partial charge >= 0.3 is 0 Å². The first kappa shape index (κ1) is 13.7. The zero-order valence-corrected chi connectivity index (χ0v) is 12.5. The molecule has 0 aliphatic heterocycles. The van der Waals surface area contributed by atoms with E-state index in [-0.39, 0.29) is 6.04 Å². The van der Waals surface area contributed by atoms with E-state index in [9.17, 15) is 0 Å². The standard InChI is InChI=1S/C13H13ClIN3/c14-12-8-17-6-5-10(12)7-13(18-16)9-1-3-11(15)4-2-9/h1-6,8,13,18H,7,16H2. The fourth-order valence-corrected chi connectivity index (χ4v) is 2.31. The molecule has 0 spiro atoms. The summed E-state index contributed by atoms with van der Waals surface area (Å²) in [7, 11) is 0. The molecule has 0 amide bonds. The molecule has 94 valence electrons. The molecular formula is C13H13ClIN3. The number of hydrazine groups is 1. The van der Waals surface area contributed by atoms with Gasteiger partial charge in [-0.25, -0.2) is 0 Å². The zero-order valence-electron chi connectivity index (χ0n) is 9.61. The molecule has 0 radical (unpaired) electrons. The normalized spacial score (nSPS) is 12.4. The maximum atomic E-state index is 6.11. The highest BCUT2D eigenvalue weighted by Crippen LogP contribution is 2.22. The van der Waals surface area contributed by atoms with Gasteiger partial charge in [0.25, 0.3) is 0 Å². The minimum atomic E-state index is 0.0434. The van der Waals surface area contributed by atoms with Crippen LogP contribution in [0.1, 0.15) is 17.2 Å². The van der Waals surface area contributed by atoms with Crippen molar-refractivity contribution in [1.82, 2.24) is 10.4 Å². The van der Waals surface area contributed by atoms with Gasteiger partial charge in [0.1, 0.15) is 0 Å². The van der Waals surface area contributed by atoms with Crippen molar-refractivity contribution in [2.45, 2.75) is 12.5 Å². The fraction of sp³-hybridized carbons (Fsp3) is 0.154. The first-order valence-corrected chi connectivity index (χ1v) is 6.96. The Labute approximate surface area is 125 Å². The summed E-state index contributed by atoms with van der Waals surface area (Å²) >= 11 is 8.39. The average molecular weight is 374 g/mol. The number of halogens is 2. The van der Waals surface area contributed by atoms with Gasteiger partial charge in [-0.3, -0.25) is 16.3 Å². The van der Waals surface area contributed by atoms with Gasteiger partial charge < -0.3 is 0 Å². The molecular weight excluding hydrogens is 361 g/mol. The van der Waals surface area contributed by atoms with Crippen LogP contribution in [-0.4, -0.2) is 4.98 Å². The predicted molar refractivity (Wildman–Crippen MR) is 82.2 cm³/mol. The van der Waals surface area contributed by atoms with Gasteiger partial charge in [-0.1, -0.05) is 23.7 Å². The summed E-state index contributed by atoms with van der Waals surface area (Å²) < 4.78 is 1.20. The van der Waals surface area contributed by atoms with Gasteiger partial charge in [0.15, 0.2) is 0 Å². The maximum absolute atomic E-state index is 6.11. The van der Waals surface area contributed by atoms with E-state index in [4.69, 9.17) is 17.4 Å². The minimum absolute atomic E-state index is 0.0434. The third-order valence-electron chi connectivity index (χ3n) is 2.75. The Kier molecular flexibility index (Phi) is 4.94. The maximum Gasteiger partial charge on any atom is 0.0622 e. The van der Waals surface area contributed by atoms with Crippen LogP contribution in [0.5, 0.6) is 0 Å². The van der Waals surface area contributed by atoms with Gasteiger partial charge in [-0.2, -0.15) is 0 Å². The van der Waals surface area contributed by atoms with Gasteiger partial charge in [0, 0.05) is 16.0 Å². The van der Waals surface area contributed by atoms with E-state index in [1.165, 1.54) is 3.57 Å². The molecule has 1 heterocycles. The van der Waals surface area contributed by atoms with Crippen molar-refractivity contribution >= 4 is 34.2 Å². The summed E-state index contributed by atoms with van der Waals surface area (Å²) in [6.45, 7) is 0. The average Bonchev–Trinajstić information content (AvgIpc) is 2.39. The van der Waals surface area contributed by atoms with Crippen molar-refractivity contribution < 1.29 is 0 Å². The van der Waals surface area contributed by atoms with Crippen molar-refractivity contribution in [3.05, 3.63) is 62.4 Å². The quantitative estimate of drug-likeness (QED) is 0.492. The number of nitrogens with zero attached hydrogens (tertiary/aromatic N) is 1. The number of hydrogen-bond acceptors (Lipinski definition) is 3. The summed E-state index contributed by atoms with van der Waals surface area (Å²) in [5.41, 5.74) is 5.01. The van der Waals surface area contributed by atoms with Crippen LogP contribution < -0.4 is 11.3 Å². The van der Waals surface area contributed by atoms with E-state index in [0.717, 1.165) is 17.5 Å². The topological polar surface area (TPSA) is 50.9 Å². The SMILES string of the molecule is NNC(Cc1ccncc1Cl)c1ccc(I)cc1. The Morgan fingerprint density at radius 3 is 2.61 bits per heavy atom. The second kappa shape index (κ2) is 6.47. The second-order valence-electron chi connectivity index (χ2n) is 3.94. The molecule has 0 fully saturated rings. The Hall–Kier alpha value is -0.690. The van der Waals surface area contributed by atoms with E-state index >= 15 is 0 Å². The van der Waals surface area contributed by atoms with E-state index in [1.54, 1.807) is 12.4 Å². The molecule has 3 nitrogen and oxygen atoms in total. The van der Waals surface area contributed by atoms with E-state index in [0.29, 0.717) is 5.02 Å². The Morgan fingerprint density at radius 1 is 1.28 bits per heavy atom. The molecule has 18 heavy (non-hydrogen) atoms. The molecule has 1 aromatic carbocycles. The first-order valence-electron chi connectivity index (χ1n) is 5.50. The number of benzene rings is 1. The van der Waals surface area contributed by atoms with Crippen LogP contribution in [-0.2, 0) is 6.42 Å². The number of hydrogen-bond donors (Lipinski definition) is 2. The lowest BCUT2D eigenvalue weighted by atomic mass is 10.0. The Bertz CT molecular complexity index is 516. The molecule has 1 atom stereocenters. The third-order valence-corrected chi connectivity index (χ3v) is 3.81. The fourth-order valence-electron chi connectivity index (χ4n) is 1.76. The molecule has 5 heteroatoms. The third kappa shape index (κ3) is 3.41. The summed E-state index contributed by atoms with van der Waals surface area (Å²) in [4.78, 5) is 3.98. The highest BCUT2D eigenvalue weighted by molar-refractivity contribution is 14.1. The summed E-state index contributed by atoms with van der Waals surface area (Å²) in [5, 5.41) is 0.670. The van der Waals surface area contributed by atoms with Crippen molar-refractivity contribution in [2.24, 2.45) is 5.84 Å². The van der Waals surface area contributed by atoms with Crippen molar-refractivity contribution in [3.63, 3.8) is 0 Å². The number of rotatable bonds is 4. The molecule has 1 unspecified atom stereocenters. The number of aromatic nitrogens is 1. The molecule has 3 N–H and O–H groups in total. The highest BCUT2D eigenvalue weighted by Gasteiger charge is 2.12. The van der Waals surface area contributed by atoms with Crippen LogP contribution in [0.25, 0.3) is 0 Å². The van der Waals surface area contributed by atoms with Gasteiger partial charge in [-0.15, -0.1) is 0 Å². The van der Waals surface area contributed by atoms with Crippen molar-refractivity contribution in [2.75, 3.05) is 0 Å². The Balaban J connectivity index is 2.20. The number of pyridine rings is 1. The number of nitrogens with two attached hydrogens (primary N) is 1. The molecule has 2 rings (SSSR count). The lowest BCUT2D eigenvalue weighted by Gasteiger charge is -2.17. The van der Waals surface area contributed by atoms with E-state index < -0.39 is 0 Å². The zero-order chi connectivity index (χ0) is 13.0. The predicted octanol–water partition coefficient (Wildman–Crippen LogP) is 3.09. The summed E-state index contributed by atoms with van der Waals surface area (Å²) in [6, 6.07) is 10.2. The molecule has 0 aliphatic carbocycles. The monoisotopic (exact) mass is 373 g/mol.